The third-order valence-electron chi connectivity index (χ3n) is 6.78. The van der Waals surface area contributed by atoms with E-state index >= 15 is 0 Å². The molecular weight excluding hydrogens is 432 g/mol. The first-order valence-electron chi connectivity index (χ1n) is 12.2. The molecule has 6 heteroatoms. The molecule has 0 radical (unpaired) electrons. The van der Waals surface area contributed by atoms with Crippen molar-refractivity contribution in [2.24, 2.45) is 0 Å². The second kappa shape index (κ2) is 10.1. The van der Waals surface area contributed by atoms with Crippen molar-refractivity contribution < 1.29 is 0 Å². The van der Waals surface area contributed by atoms with Crippen molar-refractivity contribution in [3.05, 3.63) is 82.6 Å². The van der Waals surface area contributed by atoms with Gasteiger partial charge < -0.3 is 10.3 Å². The van der Waals surface area contributed by atoms with E-state index in [1.807, 2.05) is 37.4 Å². The van der Waals surface area contributed by atoms with E-state index in [9.17, 15) is 5.26 Å². The predicted octanol–water partition coefficient (Wildman–Crippen LogP) is 6.35. The van der Waals surface area contributed by atoms with E-state index in [4.69, 9.17) is 4.98 Å². The summed E-state index contributed by atoms with van der Waals surface area (Å²) in [6.45, 7) is 7.24. The van der Waals surface area contributed by atoms with Crippen LogP contribution in [0.5, 0.6) is 0 Å². The van der Waals surface area contributed by atoms with Crippen LogP contribution < -0.4 is 5.32 Å². The fourth-order valence-corrected chi connectivity index (χ4v) is 4.79. The number of pyridine rings is 2. The number of H-pyrrole nitrogens is 1. The molecule has 3 aromatic heterocycles. The van der Waals surface area contributed by atoms with Gasteiger partial charge in [-0.25, -0.2) is 0 Å². The number of aromatic amines is 1. The summed E-state index contributed by atoms with van der Waals surface area (Å²) in [5, 5.41) is 14.5. The summed E-state index contributed by atoms with van der Waals surface area (Å²) in [5.74, 6) is 0. The van der Waals surface area contributed by atoms with Gasteiger partial charge >= 0.3 is 0 Å². The molecule has 35 heavy (non-hydrogen) atoms. The van der Waals surface area contributed by atoms with Crippen LogP contribution in [-0.4, -0.2) is 32.9 Å². The highest BCUT2D eigenvalue weighted by Crippen LogP contribution is 2.32. The quantitative estimate of drug-likeness (QED) is 0.349. The summed E-state index contributed by atoms with van der Waals surface area (Å²) in [6, 6.07) is 14.7. The third-order valence-corrected chi connectivity index (χ3v) is 6.78. The molecule has 2 N–H and O–H groups in total. The number of nitriles is 1. The molecule has 0 amide bonds. The lowest BCUT2D eigenvalue weighted by molar-refractivity contribution is 0.218. The van der Waals surface area contributed by atoms with E-state index in [2.05, 4.69) is 57.4 Å². The number of anilines is 2. The Labute approximate surface area is 206 Å². The zero-order chi connectivity index (χ0) is 24.2. The molecule has 0 spiro atoms. The number of benzene rings is 1. The van der Waals surface area contributed by atoms with Gasteiger partial charge in [-0.2, -0.15) is 5.26 Å². The van der Waals surface area contributed by atoms with Gasteiger partial charge in [0.1, 0.15) is 6.07 Å². The number of likely N-dealkylation sites (tertiary alicyclic amines) is 1. The molecule has 0 saturated carbocycles. The van der Waals surface area contributed by atoms with Crippen LogP contribution in [0, 0.1) is 25.2 Å². The van der Waals surface area contributed by atoms with Crippen molar-refractivity contribution in [3.8, 4) is 6.07 Å². The summed E-state index contributed by atoms with van der Waals surface area (Å²) in [5.41, 5.74) is 8.19. The zero-order valence-electron chi connectivity index (χ0n) is 20.3. The molecule has 6 nitrogen and oxygen atoms in total. The second-order valence-electron chi connectivity index (χ2n) is 9.18. The number of fused-ring (bicyclic) bond motifs is 1. The molecule has 1 aromatic carbocycles. The maximum Gasteiger partial charge on any atom is 0.103 e. The van der Waals surface area contributed by atoms with Gasteiger partial charge in [-0.15, -0.1) is 0 Å². The minimum absolute atomic E-state index is 0.510. The number of nitrogens with one attached hydrogen (secondary N) is 2. The van der Waals surface area contributed by atoms with Crippen molar-refractivity contribution in [1.82, 2.24) is 19.9 Å². The van der Waals surface area contributed by atoms with Gasteiger partial charge in [-0.3, -0.25) is 14.9 Å². The number of aromatic nitrogens is 3. The maximum atomic E-state index is 9.82. The van der Waals surface area contributed by atoms with Crippen LogP contribution in [0.4, 0.5) is 11.4 Å². The first-order chi connectivity index (χ1) is 17.1. The van der Waals surface area contributed by atoms with Gasteiger partial charge in [0.05, 0.1) is 22.6 Å². The molecule has 1 saturated heterocycles. The molecule has 5 rings (SSSR count). The minimum Gasteiger partial charge on any atom is -0.361 e. The van der Waals surface area contributed by atoms with E-state index in [0.717, 1.165) is 70.1 Å². The van der Waals surface area contributed by atoms with Crippen LogP contribution in [0.2, 0.25) is 0 Å². The largest absolute Gasteiger partial charge is 0.361 e. The predicted molar refractivity (Wildman–Crippen MR) is 142 cm³/mol. The molecule has 176 valence electrons. The van der Waals surface area contributed by atoms with Crippen molar-refractivity contribution in [1.29, 1.82) is 5.26 Å². The Morgan fingerprint density at radius 2 is 1.94 bits per heavy atom. The molecular formula is C29H30N6. The topological polar surface area (TPSA) is 80.6 Å². The lowest BCUT2D eigenvalue weighted by Gasteiger charge is -2.25. The van der Waals surface area contributed by atoms with Crippen LogP contribution in [-0.2, 0) is 6.54 Å². The van der Waals surface area contributed by atoms with Gasteiger partial charge in [-0.1, -0.05) is 12.5 Å². The van der Waals surface area contributed by atoms with E-state index in [1.165, 1.54) is 19.3 Å². The normalized spacial score (nSPS) is 14.4. The summed E-state index contributed by atoms with van der Waals surface area (Å²) in [4.78, 5) is 15.1. The molecule has 1 aliphatic rings. The van der Waals surface area contributed by atoms with Crippen molar-refractivity contribution >= 4 is 34.4 Å². The molecule has 0 unspecified atom stereocenters. The van der Waals surface area contributed by atoms with Gasteiger partial charge in [0.15, 0.2) is 0 Å². The van der Waals surface area contributed by atoms with Gasteiger partial charge in [0.25, 0.3) is 0 Å². The molecule has 4 aromatic rings. The fourth-order valence-electron chi connectivity index (χ4n) is 4.79. The monoisotopic (exact) mass is 462 g/mol. The second-order valence-corrected chi connectivity index (χ2v) is 9.18. The fraction of sp³-hybridized carbons (Fsp3) is 0.276. The van der Waals surface area contributed by atoms with E-state index in [1.54, 1.807) is 6.20 Å². The molecule has 0 aliphatic carbocycles. The number of piperidine rings is 1. The highest BCUT2D eigenvalue weighted by Gasteiger charge is 2.14. The first-order valence-corrected chi connectivity index (χ1v) is 12.2. The first kappa shape index (κ1) is 22.8. The molecule has 0 atom stereocenters. The van der Waals surface area contributed by atoms with Crippen molar-refractivity contribution in [3.63, 3.8) is 0 Å². The number of hydrogen-bond acceptors (Lipinski definition) is 5. The number of rotatable bonds is 6. The number of aryl methyl sites for hydroxylation is 2. The van der Waals surface area contributed by atoms with E-state index in [0.29, 0.717) is 5.56 Å². The van der Waals surface area contributed by atoms with E-state index < -0.39 is 0 Å². The van der Waals surface area contributed by atoms with Crippen LogP contribution in [0.25, 0.3) is 23.1 Å². The number of nitrogens with zero attached hydrogens (tertiary/aromatic N) is 4. The van der Waals surface area contributed by atoms with Crippen LogP contribution in [0.1, 0.15) is 53.0 Å². The highest BCUT2D eigenvalue weighted by molar-refractivity contribution is 5.90. The minimum atomic E-state index is 0.510. The average Bonchev–Trinajstić information content (AvgIpc) is 3.36. The lowest BCUT2D eigenvalue weighted by Crippen LogP contribution is -2.29. The SMILES string of the molecule is Cc1ncc(C#N)c(Nc2ccc3[nH]ccc3c2C)c1C=Cc1cccc(CN2CCCCC2)n1. The Morgan fingerprint density at radius 1 is 1.09 bits per heavy atom. The molecule has 1 fully saturated rings. The Balaban J connectivity index is 1.45. The Morgan fingerprint density at radius 3 is 2.77 bits per heavy atom. The van der Waals surface area contributed by atoms with Crippen molar-refractivity contribution in [2.45, 2.75) is 39.7 Å². The molecule has 1 aliphatic heterocycles. The highest BCUT2D eigenvalue weighted by atomic mass is 15.1. The Bertz CT molecular complexity index is 1420. The molecule has 0 bridgehead atoms. The average molecular weight is 463 g/mol. The van der Waals surface area contributed by atoms with Gasteiger partial charge in [0, 0.05) is 46.8 Å². The van der Waals surface area contributed by atoms with Crippen molar-refractivity contribution in [2.75, 3.05) is 18.4 Å². The third kappa shape index (κ3) is 4.96. The lowest BCUT2D eigenvalue weighted by atomic mass is 10.0. The summed E-state index contributed by atoms with van der Waals surface area (Å²) in [6.07, 6.45) is 11.5. The van der Waals surface area contributed by atoms with Gasteiger partial charge in [-0.05, 0) is 87.8 Å². The smallest absolute Gasteiger partial charge is 0.103 e. The summed E-state index contributed by atoms with van der Waals surface area (Å²) < 4.78 is 0. The summed E-state index contributed by atoms with van der Waals surface area (Å²) in [7, 11) is 0. The number of hydrogen-bond donors (Lipinski definition) is 2. The van der Waals surface area contributed by atoms with Crippen LogP contribution >= 0.6 is 0 Å². The molecule has 4 heterocycles. The van der Waals surface area contributed by atoms with Crippen LogP contribution in [0.15, 0.2) is 48.8 Å². The van der Waals surface area contributed by atoms with Crippen LogP contribution in [0.3, 0.4) is 0 Å². The maximum absolute atomic E-state index is 9.82. The Hall–Kier alpha value is -3.95. The Kier molecular flexibility index (Phi) is 6.60. The zero-order valence-corrected chi connectivity index (χ0v) is 20.3. The van der Waals surface area contributed by atoms with E-state index in [-0.39, 0.29) is 0 Å². The van der Waals surface area contributed by atoms with Gasteiger partial charge in [0.2, 0.25) is 0 Å². The summed E-state index contributed by atoms with van der Waals surface area (Å²) >= 11 is 0. The standard InChI is InChI=1S/C29H30N6/c1-20-25-13-14-31-28(25)12-11-27(20)34-29-22(17-30)18-32-21(2)26(29)10-9-23-7-6-8-24(33-23)19-35-15-4-3-5-16-35/h6-14,18,31H,3-5,15-16,19H2,1-2H3,(H,32,34).